The van der Waals surface area contributed by atoms with Gasteiger partial charge in [0.1, 0.15) is 6.04 Å². The Morgan fingerprint density at radius 2 is 1.09 bits per heavy atom. The second-order valence-corrected chi connectivity index (χ2v) is 12.2. The molecule has 0 saturated heterocycles. The van der Waals surface area contributed by atoms with E-state index in [1.165, 1.54) is 44.9 Å². The van der Waals surface area contributed by atoms with Gasteiger partial charge in [-0.1, -0.05) is 85.0 Å². The van der Waals surface area contributed by atoms with E-state index in [0.717, 1.165) is 38.5 Å². The van der Waals surface area contributed by atoms with Crippen molar-refractivity contribution in [3.63, 3.8) is 0 Å². The van der Waals surface area contributed by atoms with Gasteiger partial charge in [0, 0.05) is 38.5 Å². The van der Waals surface area contributed by atoms with Crippen molar-refractivity contribution in [3.8, 4) is 0 Å². The number of carboxylic acids is 1. The monoisotopic (exact) mass is 641 g/mol. The molecule has 0 fully saturated rings. The Morgan fingerprint density at radius 1 is 0.556 bits per heavy atom. The topological polar surface area (TPSA) is 186 Å². The number of carbonyl (C=O) groups is 5. The van der Waals surface area contributed by atoms with Crippen molar-refractivity contribution in [1.82, 2.24) is 26.6 Å². The van der Waals surface area contributed by atoms with Crippen molar-refractivity contribution >= 4 is 29.8 Å². The number of aliphatic carboxylic acids is 1. The molecule has 0 aromatic rings. The first kappa shape index (κ1) is 42.1. The first-order chi connectivity index (χ1) is 21.6. The highest BCUT2D eigenvalue weighted by Gasteiger charge is 2.26. The number of rotatable bonds is 30. The summed E-state index contributed by atoms with van der Waals surface area (Å²) in [7, 11) is 0. The zero-order valence-electron chi connectivity index (χ0n) is 28.2. The number of carboxylic acid groups (broad SMARTS) is 2. The lowest BCUT2D eigenvalue weighted by Crippen LogP contribution is -2.54. The van der Waals surface area contributed by atoms with E-state index in [9.17, 15) is 24.0 Å². The molecule has 7 N–H and O–H groups in total. The third-order valence-electron chi connectivity index (χ3n) is 7.56. The van der Waals surface area contributed by atoms with Crippen LogP contribution >= 0.6 is 0 Å². The van der Waals surface area contributed by atoms with Gasteiger partial charge in [-0.05, 0) is 44.9 Å². The lowest BCUT2D eigenvalue weighted by molar-refractivity contribution is -0.138. The van der Waals surface area contributed by atoms with Gasteiger partial charge in [-0.3, -0.25) is 19.2 Å². The van der Waals surface area contributed by atoms with Crippen molar-refractivity contribution in [3.05, 3.63) is 0 Å². The van der Waals surface area contributed by atoms with Gasteiger partial charge in [-0.2, -0.15) is 0 Å². The zero-order chi connectivity index (χ0) is 33.7. The molecular weight excluding hydrogens is 578 g/mol. The van der Waals surface area contributed by atoms with Crippen LogP contribution < -0.4 is 26.6 Å². The van der Waals surface area contributed by atoms with Crippen LogP contribution in [0.15, 0.2) is 0 Å². The normalized spacial score (nSPS) is 12.4. The Morgan fingerprint density at radius 3 is 1.67 bits per heavy atom. The average Bonchev–Trinajstić information content (AvgIpc) is 2.98. The van der Waals surface area contributed by atoms with Crippen molar-refractivity contribution in [2.24, 2.45) is 0 Å². The maximum atomic E-state index is 13.0. The fraction of sp³-hybridized carbons (Fsp3) is 0.848. The molecule has 0 aromatic heterocycles. The van der Waals surface area contributed by atoms with E-state index in [1.54, 1.807) is 0 Å². The molecule has 0 aliphatic heterocycles. The van der Waals surface area contributed by atoms with E-state index in [4.69, 9.17) is 10.2 Å². The van der Waals surface area contributed by atoms with E-state index in [-0.39, 0.29) is 37.2 Å². The minimum absolute atomic E-state index is 0.00257. The van der Waals surface area contributed by atoms with Crippen LogP contribution in [0.3, 0.4) is 0 Å². The summed E-state index contributed by atoms with van der Waals surface area (Å²) in [6, 6.07) is -1.57. The Bertz CT molecular complexity index is 825. The molecule has 0 rings (SSSR count). The van der Waals surface area contributed by atoms with E-state index >= 15 is 0 Å². The maximum absolute atomic E-state index is 13.0. The Labute approximate surface area is 271 Å². The molecular formula is C33H63N5O7. The first-order valence-corrected chi connectivity index (χ1v) is 17.4. The highest BCUT2D eigenvalue weighted by molar-refractivity contribution is 5.90. The van der Waals surface area contributed by atoms with Gasteiger partial charge in [0.15, 0.2) is 0 Å². The predicted octanol–water partition coefficient (Wildman–Crippen LogP) is 4.85. The fourth-order valence-corrected chi connectivity index (χ4v) is 5.02. The van der Waals surface area contributed by atoms with Crippen molar-refractivity contribution in [2.75, 3.05) is 19.6 Å². The lowest BCUT2D eigenvalue weighted by Gasteiger charge is -2.24. The summed E-state index contributed by atoms with van der Waals surface area (Å²) in [5.41, 5.74) is 0. The second kappa shape index (κ2) is 28.6. The quantitative estimate of drug-likeness (QED) is 0.0542. The molecule has 4 amide bonds. The van der Waals surface area contributed by atoms with Crippen LogP contribution in [0.1, 0.15) is 143 Å². The number of hydrogen-bond acceptors (Lipinski definition) is 6. The SMILES string of the molecule is CCCCCCCCCCCC(=O)NCCCCCCNC(=O)C(CCC(=O)O)NC(=O)C(CCCCNC(=O)O)NC(C)C. The molecule has 0 spiro atoms. The summed E-state index contributed by atoms with van der Waals surface area (Å²) in [5.74, 6) is -1.74. The molecule has 0 saturated carbocycles. The molecule has 262 valence electrons. The third-order valence-corrected chi connectivity index (χ3v) is 7.56. The van der Waals surface area contributed by atoms with Crippen molar-refractivity contribution in [2.45, 2.75) is 161 Å². The van der Waals surface area contributed by atoms with Gasteiger partial charge in [0.25, 0.3) is 0 Å². The molecule has 12 heteroatoms. The number of carbonyl (C=O) groups excluding carboxylic acids is 3. The van der Waals surface area contributed by atoms with Gasteiger partial charge in [0.05, 0.1) is 6.04 Å². The highest BCUT2D eigenvalue weighted by Crippen LogP contribution is 2.11. The van der Waals surface area contributed by atoms with Crippen LogP contribution in [0.5, 0.6) is 0 Å². The van der Waals surface area contributed by atoms with Crippen molar-refractivity contribution in [1.29, 1.82) is 0 Å². The van der Waals surface area contributed by atoms with Crippen LogP contribution in [0.4, 0.5) is 4.79 Å². The summed E-state index contributed by atoms with van der Waals surface area (Å²) in [5, 5.41) is 31.8. The van der Waals surface area contributed by atoms with Gasteiger partial charge < -0.3 is 36.8 Å². The number of nitrogens with one attached hydrogen (secondary N) is 5. The standard InChI is InChI=1S/C33H63N5O7/c1-4-5-6-7-8-9-10-11-14-20-29(39)34-23-16-12-13-17-24-35-31(42)28(21-22-30(40)41)38-32(43)27(37-26(2)3)19-15-18-25-36-33(44)45/h26-28,36-37H,4-25H2,1-3H3,(H,34,39)(H,35,42)(H,38,43)(H,40,41)(H,44,45). The zero-order valence-corrected chi connectivity index (χ0v) is 28.2. The van der Waals surface area contributed by atoms with Crippen LogP contribution in [-0.2, 0) is 19.2 Å². The Balaban J connectivity index is 4.30. The maximum Gasteiger partial charge on any atom is 0.404 e. The van der Waals surface area contributed by atoms with Gasteiger partial charge in [0.2, 0.25) is 17.7 Å². The third kappa shape index (κ3) is 27.2. The van der Waals surface area contributed by atoms with Gasteiger partial charge in [-0.15, -0.1) is 0 Å². The summed E-state index contributed by atoms with van der Waals surface area (Å²) < 4.78 is 0. The molecule has 12 nitrogen and oxygen atoms in total. The molecule has 0 aliphatic rings. The Kier molecular flexibility index (Phi) is 26.7. The summed E-state index contributed by atoms with van der Waals surface area (Å²) >= 11 is 0. The van der Waals surface area contributed by atoms with Crippen LogP contribution in [0.25, 0.3) is 0 Å². The van der Waals surface area contributed by atoms with E-state index in [0.29, 0.717) is 38.8 Å². The van der Waals surface area contributed by atoms with E-state index in [2.05, 4.69) is 33.5 Å². The Hall–Kier alpha value is -2.89. The minimum Gasteiger partial charge on any atom is -0.481 e. The fourth-order valence-electron chi connectivity index (χ4n) is 5.02. The molecule has 0 aliphatic carbocycles. The number of hydrogen-bond donors (Lipinski definition) is 7. The molecule has 0 aromatic carbocycles. The average molecular weight is 642 g/mol. The van der Waals surface area contributed by atoms with E-state index < -0.39 is 30.1 Å². The van der Waals surface area contributed by atoms with E-state index in [1.807, 2.05) is 13.8 Å². The van der Waals surface area contributed by atoms with Crippen LogP contribution in [-0.4, -0.2) is 77.8 Å². The van der Waals surface area contributed by atoms with Crippen LogP contribution in [0, 0.1) is 0 Å². The molecule has 45 heavy (non-hydrogen) atoms. The molecule has 0 heterocycles. The first-order valence-electron chi connectivity index (χ1n) is 17.4. The molecule has 0 bridgehead atoms. The summed E-state index contributed by atoms with van der Waals surface area (Å²) in [6.07, 6.45) is 15.2. The summed E-state index contributed by atoms with van der Waals surface area (Å²) in [4.78, 5) is 59.7. The predicted molar refractivity (Wildman–Crippen MR) is 177 cm³/mol. The number of amides is 4. The summed E-state index contributed by atoms with van der Waals surface area (Å²) in [6.45, 7) is 7.36. The largest absolute Gasteiger partial charge is 0.481 e. The molecule has 2 atom stereocenters. The van der Waals surface area contributed by atoms with Crippen molar-refractivity contribution < 1.29 is 34.2 Å². The minimum atomic E-state index is -1.10. The van der Waals surface area contributed by atoms with Gasteiger partial charge >= 0.3 is 12.1 Å². The smallest absolute Gasteiger partial charge is 0.404 e. The van der Waals surface area contributed by atoms with Gasteiger partial charge in [-0.25, -0.2) is 4.79 Å². The molecule has 2 unspecified atom stereocenters. The molecule has 0 radical (unpaired) electrons. The lowest BCUT2D eigenvalue weighted by atomic mass is 10.1. The van der Waals surface area contributed by atoms with Crippen LogP contribution in [0.2, 0.25) is 0 Å². The number of unbranched alkanes of at least 4 members (excludes halogenated alkanes) is 12. The second-order valence-electron chi connectivity index (χ2n) is 12.2. The highest BCUT2D eigenvalue weighted by atomic mass is 16.4.